The molecule has 1 amide bonds. The average molecular weight is 246 g/mol. The van der Waals surface area contributed by atoms with Crippen LogP contribution in [0.25, 0.3) is 0 Å². The molecular formula is C15H22N2O. The number of amides is 1. The van der Waals surface area contributed by atoms with Crippen LogP contribution >= 0.6 is 0 Å². The second-order valence-corrected chi connectivity index (χ2v) is 5.09. The van der Waals surface area contributed by atoms with Crippen molar-refractivity contribution in [1.82, 2.24) is 4.90 Å². The number of nitrogen functional groups attached to an aromatic ring is 1. The van der Waals surface area contributed by atoms with Crippen LogP contribution < -0.4 is 5.73 Å². The first kappa shape index (κ1) is 12.9. The first-order valence-electron chi connectivity index (χ1n) is 6.85. The fourth-order valence-corrected chi connectivity index (χ4v) is 2.45. The molecule has 3 heteroatoms. The fraction of sp³-hybridized carbons (Fsp3) is 0.533. The highest BCUT2D eigenvalue weighted by Gasteiger charge is 2.22. The smallest absolute Gasteiger partial charge is 0.223 e. The molecular weight excluding hydrogens is 224 g/mol. The molecule has 0 bridgehead atoms. The van der Waals surface area contributed by atoms with E-state index in [0.717, 1.165) is 31.6 Å². The molecule has 1 heterocycles. The first-order chi connectivity index (χ1) is 8.70. The predicted octanol–water partition coefficient (Wildman–Crippen LogP) is 3.08. The van der Waals surface area contributed by atoms with Crippen LogP contribution in [0.1, 0.15) is 50.2 Å². The highest BCUT2D eigenvalue weighted by molar-refractivity contribution is 5.77. The van der Waals surface area contributed by atoms with E-state index in [2.05, 4.69) is 6.92 Å². The van der Waals surface area contributed by atoms with Crippen molar-refractivity contribution in [3.05, 3.63) is 29.3 Å². The van der Waals surface area contributed by atoms with Crippen LogP contribution in [0.2, 0.25) is 0 Å². The molecule has 0 saturated carbocycles. The molecule has 1 aliphatic rings. The van der Waals surface area contributed by atoms with Crippen molar-refractivity contribution in [2.45, 2.75) is 52.1 Å². The number of fused-ring (bicyclic) bond motifs is 1. The highest BCUT2D eigenvalue weighted by Crippen LogP contribution is 2.25. The van der Waals surface area contributed by atoms with E-state index in [1.165, 1.54) is 24.0 Å². The summed E-state index contributed by atoms with van der Waals surface area (Å²) in [6.07, 6.45) is 5.30. The second-order valence-electron chi connectivity index (χ2n) is 5.09. The molecule has 0 fully saturated rings. The summed E-state index contributed by atoms with van der Waals surface area (Å²) in [6, 6.07) is 5.93. The van der Waals surface area contributed by atoms with Crippen molar-refractivity contribution in [2.24, 2.45) is 0 Å². The summed E-state index contributed by atoms with van der Waals surface area (Å²) < 4.78 is 0. The molecule has 0 unspecified atom stereocenters. The third-order valence-corrected chi connectivity index (χ3v) is 3.55. The summed E-state index contributed by atoms with van der Waals surface area (Å²) in [7, 11) is 0. The third-order valence-electron chi connectivity index (χ3n) is 3.55. The molecule has 0 spiro atoms. The zero-order valence-corrected chi connectivity index (χ0v) is 11.1. The molecule has 2 N–H and O–H groups in total. The van der Waals surface area contributed by atoms with Gasteiger partial charge in [0.2, 0.25) is 5.91 Å². The van der Waals surface area contributed by atoms with Gasteiger partial charge >= 0.3 is 0 Å². The number of nitrogens with zero attached hydrogens (tertiary/aromatic N) is 1. The number of benzene rings is 1. The standard InChI is InChI=1S/C15H22N2O/c1-2-3-4-5-6-15(18)17-10-12-7-8-14(16)9-13(12)11-17/h7-9H,2-6,10-11,16H2,1H3. The molecule has 0 aromatic heterocycles. The number of anilines is 1. The van der Waals surface area contributed by atoms with Gasteiger partial charge in [0.25, 0.3) is 0 Å². The van der Waals surface area contributed by atoms with E-state index in [-0.39, 0.29) is 5.91 Å². The van der Waals surface area contributed by atoms with E-state index in [9.17, 15) is 4.79 Å². The molecule has 0 atom stereocenters. The summed E-state index contributed by atoms with van der Waals surface area (Å²) in [5, 5.41) is 0. The summed E-state index contributed by atoms with van der Waals surface area (Å²) >= 11 is 0. The fourth-order valence-electron chi connectivity index (χ4n) is 2.45. The minimum Gasteiger partial charge on any atom is -0.399 e. The van der Waals surface area contributed by atoms with E-state index in [0.29, 0.717) is 6.42 Å². The minimum atomic E-state index is 0.279. The molecule has 1 aromatic rings. The molecule has 0 aliphatic carbocycles. The lowest BCUT2D eigenvalue weighted by molar-refractivity contribution is -0.131. The Bertz CT molecular complexity index is 429. The Morgan fingerprint density at radius 1 is 1.22 bits per heavy atom. The molecule has 3 nitrogen and oxygen atoms in total. The maximum Gasteiger partial charge on any atom is 0.223 e. The van der Waals surface area contributed by atoms with E-state index in [1.807, 2.05) is 23.1 Å². The topological polar surface area (TPSA) is 46.3 Å². The van der Waals surface area contributed by atoms with Crippen LogP contribution in [-0.4, -0.2) is 10.8 Å². The monoisotopic (exact) mass is 246 g/mol. The van der Waals surface area contributed by atoms with Crippen LogP contribution in [0, 0.1) is 0 Å². The number of nitrogens with two attached hydrogens (primary N) is 1. The summed E-state index contributed by atoms with van der Waals surface area (Å²) in [5.74, 6) is 0.279. The SMILES string of the molecule is CCCCCCC(=O)N1Cc2ccc(N)cc2C1. The maximum absolute atomic E-state index is 12.1. The normalized spacial score (nSPS) is 13.7. The van der Waals surface area contributed by atoms with Gasteiger partial charge in [-0.25, -0.2) is 0 Å². The van der Waals surface area contributed by atoms with Crippen LogP contribution in [-0.2, 0) is 17.9 Å². The molecule has 0 saturated heterocycles. The Hall–Kier alpha value is -1.51. The van der Waals surface area contributed by atoms with Gasteiger partial charge < -0.3 is 10.6 Å². The van der Waals surface area contributed by atoms with Crippen LogP contribution in [0.15, 0.2) is 18.2 Å². The largest absolute Gasteiger partial charge is 0.399 e. The van der Waals surface area contributed by atoms with Crippen molar-refractivity contribution in [3.8, 4) is 0 Å². The lowest BCUT2D eigenvalue weighted by Crippen LogP contribution is -2.24. The van der Waals surface area contributed by atoms with Crippen molar-refractivity contribution in [1.29, 1.82) is 0 Å². The van der Waals surface area contributed by atoms with Crippen LogP contribution in [0.5, 0.6) is 0 Å². The zero-order chi connectivity index (χ0) is 13.0. The first-order valence-corrected chi connectivity index (χ1v) is 6.85. The lowest BCUT2D eigenvalue weighted by Gasteiger charge is -2.15. The van der Waals surface area contributed by atoms with Gasteiger partial charge in [-0.3, -0.25) is 4.79 Å². The molecule has 18 heavy (non-hydrogen) atoms. The van der Waals surface area contributed by atoms with Gasteiger partial charge in [-0.1, -0.05) is 32.3 Å². The van der Waals surface area contributed by atoms with Crippen LogP contribution in [0.3, 0.4) is 0 Å². The predicted molar refractivity (Wildman–Crippen MR) is 73.9 cm³/mol. The van der Waals surface area contributed by atoms with Gasteiger partial charge in [0.05, 0.1) is 0 Å². The van der Waals surface area contributed by atoms with Crippen molar-refractivity contribution in [2.75, 3.05) is 5.73 Å². The number of rotatable bonds is 5. The number of carbonyl (C=O) groups is 1. The second kappa shape index (κ2) is 5.89. The molecule has 0 radical (unpaired) electrons. The number of unbranched alkanes of at least 4 members (excludes halogenated alkanes) is 3. The molecule has 2 rings (SSSR count). The Morgan fingerprint density at radius 3 is 2.78 bits per heavy atom. The summed E-state index contributed by atoms with van der Waals surface area (Å²) in [6.45, 7) is 3.67. The Labute approximate surface area is 109 Å². The highest BCUT2D eigenvalue weighted by atomic mass is 16.2. The average Bonchev–Trinajstić information content (AvgIpc) is 2.77. The van der Waals surface area contributed by atoms with Gasteiger partial charge in [-0.2, -0.15) is 0 Å². The Balaban J connectivity index is 1.84. The molecule has 1 aliphatic heterocycles. The molecule has 98 valence electrons. The molecule has 1 aromatic carbocycles. The lowest BCUT2D eigenvalue weighted by atomic mass is 10.1. The number of carbonyl (C=O) groups excluding carboxylic acids is 1. The van der Waals surface area contributed by atoms with E-state index < -0.39 is 0 Å². The van der Waals surface area contributed by atoms with Gasteiger partial charge in [-0.15, -0.1) is 0 Å². The Morgan fingerprint density at radius 2 is 2.00 bits per heavy atom. The van der Waals surface area contributed by atoms with Crippen molar-refractivity contribution < 1.29 is 4.79 Å². The quantitative estimate of drug-likeness (QED) is 0.641. The van der Waals surface area contributed by atoms with Gasteiger partial charge in [0, 0.05) is 25.2 Å². The van der Waals surface area contributed by atoms with E-state index >= 15 is 0 Å². The van der Waals surface area contributed by atoms with Crippen LogP contribution in [0.4, 0.5) is 5.69 Å². The van der Waals surface area contributed by atoms with Gasteiger partial charge in [0.15, 0.2) is 0 Å². The van der Waals surface area contributed by atoms with Crippen molar-refractivity contribution >= 4 is 11.6 Å². The zero-order valence-electron chi connectivity index (χ0n) is 11.1. The summed E-state index contributed by atoms with van der Waals surface area (Å²) in [4.78, 5) is 14.0. The summed E-state index contributed by atoms with van der Waals surface area (Å²) in [5.41, 5.74) is 8.99. The van der Waals surface area contributed by atoms with E-state index in [1.54, 1.807) is 0 Å². The van der Waals surface area contributed by atoms with Gasteiger partial charge in [-0.05, 0) is 29.7 Å². The minimum absolute atomic E-state index is 0.279. The number of hydrogen-bond acceptors (Lipinski definition) is 2. The van der Waals surface area contributed by atoms with Crippen molar-refractivity contribution in [3.63, 3.8) is 0 Å². The number of hydrogen-bond donors (Lipinski definition) is 1. The third kappa shape index (κ3) is 3.03. The van der Waals surface area contributed by atoms with Gasteiger partial charge in [0.1, 0.15) is 0 Å². The Kier molecular flexibility index (Phi) is 4.24. The maximum atomic E-state index is 12.1. The van der Waals surface area contributed by atoms with E-state index in [4.69, 9.17) is 5.73 Å².